The van der Waals surface area contributed by atoms with E-state index in [4.69, 9.17) is 16.3 Å². The number of nitrogens with one attached hydrogen (secondary N) is 1. The number of aromatic nitrogens is 2. The zero-order chi connectivity index (χ0) is 21.8. The van der Waals surface area contributed by atoms with Crippen LogP contribution in [0.2, 0.25) is 5.02 Å². The van der Waals surface area contributed by atoms with Crippen LogP contribution in [-0.4, -0.2) is 15.9 Å². The molecule has 1 N–H and O–H groups in total. The smallest absolute Gasteiger partial charge is 0.255 e. The lowest BCUT2D eigenvalue weighted by atomic mass is 10.1. The molecule has 0 saturated heterocycles. The monoisotopic (exact) mass is 429 g/mol. The van der Waals surface area contributed by atoms with Gasteiger partial charge in [-0.1, -0.05) is 41.4 Å². The van der Waals surface area contributed by atoms with Crippen LogP contribution in [-0.2, 0) is 0 Å². The summed E-state index contributed by atoms with van der Waals surface area (Å²) in [6.07, 6.45) is 1.66. The molecule has 6 heteroatoms. The fourth-order valence-electron chi connectivity index (χ4n) is 2.99. The van der Waals surface area contributed by atoms with E-state index in [1.165, 1.54) is 0 Å². The first-order valence-electron chi connectivity index (χ1n) is 9.73. The van der Waals surface area contributed by atoms with Crippen molar-refractivity contribution < 1.29 is 9.53 Å². The number of ether oxygens (including phenoxy) is 1. The van der Waals surface area contributed by atoms with Crippen LogP contribution in [0.4, 0.5) is 5.69 Å². The van der Waals surface area contributed by atoms with E-state index in [9.17, 15) is 4.79 Å². The van der Waals surface area contributed by atoms with E-state index in [0.717, 1.165) is 16.7 Å². The number of halogens is 1. The zero-order valence-electron chi connectivity index (χ0n) is 17.1. The molecule has 1 heterocycles. The van der Waals surface area contributed by atoms with Gasteiger partial charge >= 0.3 is 0 Å². The van der Waals surface area contributed by atoms with Crippen LogP contribution >= 0.6 is 11.6 Å². The van der Waals surface area contributed by atoms with Gasteiger partial charge in [0.2, 0.25) is 5.88 Å². The summed E-state index contributed by atoms with van der Waals surface area (Å²) < 4.78 is 5.85. The first-order valence-corrected chi connectivity index (χ1v) is 10.1. The van der Waals surface area contributed by atoms with E-state index < -0.39 is 0 Å². The Morgan fingerprint density at radius 2 is 1.77 bits per heavy atom. The summed E-state index contributed by atoms with van der Waals surface area (Å²) >= 11 is 6.12. The van der Waals surface area contributed by atoms with Gasteiger partial charge in [0, 0.05) is 34.1 Å². The number of nitrogens with zero attached hydrogens (tertiary/aromatic N) is 2. The Balaban J connectivity index is 1.45. The number of hydrogen-bond donors (Lipinski definition) is 1. The molecule has 0 aliphatic rings. The minimum Gasteiger partial charge on any atom is -0.439 e. The van der Waals surface area contributed by atoms with Crippen LogP contribution in [0.3, 0.4) is 0 Å². The summed E-state index contributed by atoms with van der Waals surface area (Å²) in [5.41, 5.74) is 4.16. The van der Waals surface area contributed by atoms with Crippen LogP contribution in [0.5, 0.6) is 11.6 Å². The lowest BCUT2D eigenvalue weighted by molar-refractivity contribution is 0.102. The van der Waals surface area contributed by atoms with Crippen LogP contribution < -0.4 is 10.1 Å². The molecule has 31 heavy (non-hydrogen) atoms. The number of hydrogen-bond acceptors (Lipinski definition) is 4. The molecule has 0 aliphatic carbocycles. The molecule has 5 nitrogen and oxygen atoms in total. The third kappa shape index (κ3) is 5.08. The SMILES string of the molecule is Cc1cccc(-c2nccc(Oc3ccc(C(=O)Nc4ccc(C)c(Cl)c4)cc3)n2)c1. The predicted octanol–water partition coefficient (Wildman–Crippen LogP) is 6.46. The van der Waals surface area contributed by atoms with E-state index in [0.29, 0.717) is 33.7 Å². The van der Waals surface area contributed by atoms with Crippen molar-refractivity contribution in [2.24, 2.45) is 0 Å². The van der Waals surface area contributed by atoms with E-state index in [1.807, 2.05) is 50.2 Å². The summed E-state index contributed by atoms with van der Waals surface area (Å²) in [5, 5.41) is 3.45. The fraction of sp³-hybridized carbons (Fsp3) is 0.0800. The van der Waals surface area contributed by atoms with Gasteiger partial charge in [0.25, 0.3) is 5.91 Å². The molecule has 0 atom stereocenters. The van der Waals surface area contributed by atoms with Crippen LogP contribution in [0.15, 0.2) is 79.0 Å². The van der Waals surface area contributed by atoms with Crippen molar-refractivity contribution in [3.8, 4) is 23.0 Å². The van der Waals surface area contributed by atoms with Crippen molar-refractivity contribution in [1.29, 1.82) is 0 Å². The normalized spacial score (nSPS) is 10.5. The van der Waals surface area contributed by atoms with Gasteiger partial charge in [-0.3, -0.25) is 4.79 Å². The van der Waals surface area contributed by atoms with Crippen molar-refractivity contribution in [3.63, 3.8) is 0 Å². The van der Waals surface area contributed by atoms with Crippen molar-refractivity contribution in [2.75, 3.05) is 5.32 Å². The van der Waals surface area contributed by atoms with Gasteiger partial charge in [0.15, 0.2) is 5.82 Å². The highest BCUT2D eigenvalue weighted by molar-refractivity contribution is 6.31. The van der Waals surface area contributed by atoms with Crippen LogP contribution in [0.1, 0.15) is 21.5 Å². The van der Waals surface area contributed by atoms with Crippen LogP contribution in [0, 0.1) is 13.8 Å². The summed E-state index contributed by atoms with van der Waals surface area (Å²) in [7, 11) is 0. The van der Waals surface area contributed by atoms with E-state index in [2.05, 4.69) is 15.3 Å². The maximum absolute atomic E-state index is 12.5. The first kappa shape index (κ1) is 20.6. The van der Waals surface area contributed by atoms with Gasteiger partial charge in [0.1, 0.15) is 5.75 Å². The number of aryl methyl sites for hydroxylation is 2. The highest BCUT2D eigenvalue weighted by Crippen LogP contribution is 2.24. The molecular weight excluding hydrogens is 410 g/mol. The molecule has 1 aromatic heterocycles. The number of benzene rings is 3. The summed E-state index contributed by atoms with van der Waals surface area (Å²) in [5.74, 6) is 1.37. The molecule has 0 saturated carbocycles. The number of rotatable bonds is 5. The summed E-state index contributed by atoms with van der Waals surface area (Å²) in [4.78, 5) is 21.3. The molecular formula is C25H20ClN3O2. The topological polar surface area (TPSA) is 64.1 Å². The van der Waals surface area contributed by atoms with E-state index in [-0.39, 0.29) is 5.91 Å². The number of carbonyl (C=O) groups excluding carboxylic acids is 1. The number of amides is 1. The van der Waals surface area contributed by atoms with Gasteiger partial charge in [-0.2, -0.15) is 4.98 Å². The number of carbonyl (C=O) groups is 1. The van der Waals surface area contributed by atoms with E-state index in [1.54, 1.807) is 42.6 Å². The zero-order valence-corrected chi connectivity index (χ0v) is 17.9. The molecule has 1 amide bonds. The van der Waals surface area contributed by atoms with Crippen LogP contribution in [0.25, 0.3) is 11.4 Å². The average molecular weight is 430 g/mol. The Morgan fingerprint density at radius 1 is 0.968 bits per heavy atom. The largest absolute Gasteiger partial charge is 0.439 e. The summed E-state index contributed by atoms with van der Waals surface area (Å²) in [6.45, 7) is 3.93. The first-order chi connectivity index (χ1) is 15.0. The molecule has 0 aliphatic heterocycles. The quantitative estimate of drug-likeness (QED) is 0.395. The minimum atomic E-state index is -0.227. The van der Waals surface area contributed by atoms with E-state index >= 15 is 0 Å². The average Bonchev–Trinajstić information content (AvgIpc) is 2.77. The van der Waals surface area contributed by atoms with Gasteiger partial charge in [-0.15, -0.1) is 0 Å². The van der Waals surface area contributed by atoms with Crippen molar-refractivity contribution >= 4 is 23.2 Å². The Bertz CT molecular complexity index is 1240. The Labute approximate surface area is 185 Å². The molecule has 0 bridgehead atoms. The third-order valence-electron chi connectivity index (χ3n) is 4.67. The lowest BCUT2D eigenvalue weighted by Gasteiger charge is -2.09. The van der Waals surface area contributed by atoms with Gasteiger partial charge in [0.05, 0.1) is 0 Å². The minimum absolute atomic E-state index is 0.227. The summed E-state index contributed by atoms with van der Waals surface area (Å²) in [6, 6.07) is 21.9. The fourth-order valence-corrected chi connectivity index (χ4v) is 3.17. The lowest BCUT2D eigenvalue weighted by Crippen LogP contribution is -2.11. The maximum Gasteiger partial charge on any atom is 0.255 e. The second-order valence-corrected chi connectivity index (χ2v) is 7.54. The Hall–Kier alpha value is -3.70. The van der Waals surface area contributed by atoms with Crippen molar-refractivity contribution in [2.45, 2.75) is 13.8 Å². The molecule has 3 aromatic carbocycles. The maximum atomic E-state index is 12.5. The third-order valence-corrected chi connectivity index (χ3v) is 5.08. The molecule has 0 spiro atoms. The van der Waals surface area contributed by atoms with Gasteiger partial charge in [-0.25, -0.2) is 4.98 Å². The molecule has 0 unspecified atom stereocenters. The molecule has 4 rings (SSSR count). The standard InChI is InChI=1S/C25H20ClN3O2/c1-16-4-3-5-19(14-16)24-27-13-12-23(29-24)31-21-10-7-18(8-11-21)25(30)28-20-9-6-17(2)22(26)15-20/h3-15H,1-2H3,(H,28,30). The second-order valence-electron chi connectivity index (χ2n) is 7.13. The second kappa shape index (κ2) is 8.98. The van der Waals surface area contributed by atoms with Crippen molar-refractivity contribution in [1.82, 2.24) is 9.97 Å². The highest BCUT2D eigenvalue weighted by atomic mass is 35.5. The Kier molecular flexibility index (Phi) is 5.96. The molecule has 154 valence electrons. The Morgan fingerprint density at radius 3 is 2.52 bits per heavy atom. The predicted molar refractivity (Wildman–Crippen MR) is 123 cm³/mol. The molecule has 0 radical (unpaired) electrons. The highest BCUT2D eigenvalue weighted by Gasteiger charge is 2.09. The van der Waals surface area contributed by atoms with Gasteiger partial charge in [-0.05, 0) is 61.9 Å². The van der Waals surface area contributed by atoms with Gasteiger partial charge < -0.3 is 10.1 Å². The van der Waals surface area contributed by atoms with Crippen molar-refractivity contribution in [3.05, 3.63) is 101 Å². The molecule has 4 aromatic rings. The molecule has 0 fully saturated rings. The number of anilines is 1.